The van der Waals surface area contributed by atoms with Crippen molar-refractivity contribution in [2.75, 3.05) is 32.0 Å². The molecule has 0 bridgehead atoms. The lowest BCUT2D eigenvalue weighted by Gasteiger charge is -2.28. The van der Waals surface area contributed by atoms with Crippen LogP contribution >= 0.6 is 15.9 Å². The second-order valence-corrected chi connectivity index (χ2v) is 5.68. The van der Waals surface area contributed by atoms with Gasteiger partial charge in [-0.2, -0.15) is 5.10 Å². The average molecular weight is 315 g/mol. The normalized spacial score (nSPS) is 17.9. The average Bonchev–Trinajstić information content (AvgIpc) is 2.37. The Morgan fingerprint density at radius 3 is 3.00 bits per heavy atom. The molecule has 0 saturated carbocycles. The first-order chi connectivity index (χ1) is 8.66. The monoisotopic (exact) mass is 314 g/mol. The highest BCUT2D eigenvalue weighted by atomic mass is 79.9. The van der Waals surface area contributed by atoms with Crippen LogP contribution in [0.1, 0.15) is 19.3 Å². The van der Waals surface area contributed by atoms with Crippen molar-refractivity contribution in [3.05, 3.63) is 21.0 Å². The topological polar surface area (TPSA) is 61.0 Å². The van der Waals surface area contributed by atoms with Crippen molar-refractivity contribution in [3.8, 4) is 0 Å². The smallest absolute Gasteiger partial charge is 0.280 e. The largest absolute Gasteiger partial charge is 0.383 e. The standard InChI is InChI=1S/C12H19BrN4O/c1-17-6-3-9(4-7-17)2-5-14-10-8-15-16-12(18)11(10)13/h8-9H,2-7H2,1H3,(H2,14,16,18). The number of anilines is 1. The summed E-state index contributed by atoms with van der Waals surface area (Å²) in [7, 11) is 2.17. The van der Waals surface area contributed by atoms with Gasteiger partial charge < -0.3 is 10.2 Å². The minimum Gasteiger partial charge on any atom is -0.383 e. The zero-order valence-electron chi connectivity index (χ0n) is 10.6. The van der Waals surface area contributed by atoms with Crippen molar-refractivity contribution >= 4 is 21.6 Å². The number of aromatic amines is 1. The molecule has 100 valence electrons. The maximum absolute atomic E-state index is 11.3. The van der Waals surface area contributed by atoms with Crippen LogP contribution in [0.25, 0.3) is 0 Å². The number of piperidine rings is 1. The van der Waals surface area contributed by atoms with Gasteiger partial charge in [-0.05, 0) is 61.2 Å². The fraction of sp³-hybridized carbons (Fsp3) is 0.667. The van der Waals surface area contributed by atoms with Crippen LogP contribution in [0.5, 0.6) is 0 Å². The molecule has 0 unspecified atom stereocenters. The lowest BCUT2D eigenvalue weighted by Crippen LogP contribution is -2.30. The molecular weight excluding hydrogens is 296 g/mol. The molecule has 18 heavy (non-hydrogen) atoms. The second kappa shape index (κ2) is 6.33. The van der Waals surface area contributed by atoms with E-state index in [1.54, 1.807) is 6.20 Å². The molecule has 5 nitrogen and oxygen atoms in total. The molecule has 6 heteroatoms. The molecule has 0 amide bonds. The van der Waals surface area contributed by atoms with Gasteiger partial charge in [0.2, 0.25) is 0 Å². The van der Waals surface area contributed by atoms with Crippen molar-refractivity contribution < 1.29 is 0 Å². The third-order valence-electron chi connectivity index (χ3n) is 3.50. The van der Waals surface area contributed by atoms with Crippen LogP contribution in [0.15, 0.2) is 15.5 Å². The number of H-pyrrole nitrogens is 1. The van der Waals surface area contributed by atoms with Gasteiger partial charge in [0.15, 0.2) is 0 Å². The fourth-order valence-electron chi connectivity index (χ4n) is 2.27. The number of likely N-dealkylation sites (tertiary alicyclic amines) is 1. The third-order valence-corrected chi connectivity index (χ3v) is 4.29. The van der Waals surface area contributed by atoms with Crippen LogP contribution in [0, 0.1) is 5.92 Å². The van der Waals surface area contributed by atoms with E-state index in [-0.39, 0.29) is 5.56 Å². The first-order valence-corrected chi connectivity index (χ1v) is 7.11. The van der Waals surface area contributed by atoms with E-state index in [1.165, 1.54) is 25.9 Å². The van der Waals surface area contributed by atoms with E-state index in [2.05, 4.69) is 43.4 Å². The highest BCUT2D eigenvalue weighted by molar-refractivity contribution is 9.10. The molecule has 0 radical (unpaired) electrons. The minimum atomic E-state index is -0.195. The van der Waals surface area contributed by atoms with Gasteiger partial charge in [-0.25, -0.2) is 5.10 Å². The Balaban J connectivity index is 1.78. The van der Waals surface area contributed by atoms with Crippen LogP contribution in [-0.4, -0.2) is 41.8 Å². The summed E-state index contributed by atoms with van der Waals surface area (Å²) >= 11 is 3.26. The number of nitrogens with zero attached hydrogens (tertiary/aromatic N) is 2. The molecule has 0 aliphatic carbocycles. The number of hydrogen-bond donors (Lipinski definition) is 2. The first kappa shape index (κ1) is 13.5. The lowest BCUT2D eigenvalue weighted by molar-refractivity contribution is 0.215. The summed E-state index contributed by atoms with van der Waals surface area (Å²) in [5, 5.41) is 9.44. The van der Waals surface area contributed by atoms with Gasteiger partial charge in [0.05, 0.1) is 11.9 Å². The predicted octanol–water partition coefficient (Wildman–Crippen LogP) is 1.68. The van der Waals surface area contributed by atoms with Gasteiger partial charge in [-0.1, -0.05) is 0 Å². The molecule has 1 aromatic heterocycles. The van der Waals surface area contributed by atoms with E-state index in [9.17, 15) is 4.79 Å². The van der Waals surface area contributed by atoms with E-state index in [4.69, 9.17) is 0 Å². The summed E-state index contributed by atoms with van der Waals surface area (Å²) < 4.78 is 0.529. The molecule has 1 fully saturated rings. The zero-order chi connectivity index (χ0) is 13.0. The Bertz CT molecular complexity index is 440. The number of hydrogen-bond acceptors (Lipinski definition) is 4. The molecule has 2 N–H and O–H groups in total. The summed E-state index contributed by atoms with van der Waals surface area (Å²) in [4.78, 5) is 13.7. The quantitative estimate of drug-likeness (QED) is 0.887. The molecule has 1 aliphatic rings. The molecular formula is C12H19BrN4O. The minimum absolute atomic E-state index is 0.195. The zero-order valence-corrected chi connectivity index (χ0v) is 12.2. The van der Waals surface area contributed by atoms with Crippen molar-refractivity contribution in [3.63, 3.8) is 0 Å². The summed E-state index contributed by atoms with van der Waals surface area (Å²) in [6.45, 7) is 3.28. The van der Waals surface area contributed by atoms with Crippen LogP contribution in [-0.2, 0) is 0 Å². The number of nitrogens with one attached hydrogen (secondary N) is 2. The van der Waals surface area contributed by atoms with Gasteiger partial charge in [0.25, 0.3) is 5.56 Å². The summed E-state index contributed by atoms with van der Waals surface area (Å²) in [6.07, 6.45) is 5.33. The molecule has 1 aliphatic heterocycles. The van der Waals surface area contributed by atoms with Crippen LogP contribution in [0.4, 0.5) is 5.69 Å². The molecule has 0 spiro atoms. The van der Waals surface area contributed by atoms with Gasteiger partial charge in [-0.15, -0.1) is 0 Å². The number of halogens is 1. The van der Waals surface area contributed by atoms with Crippen molar-refractivity contribution in [1.82, 2.24) is 15.1 Å². The summed E-state index contributed by atoms with van der Waals surface area (Å²) in [5.74, 6) is 0.794. The number of aromatic nitrogens is 2. The van der Waals surface area contributed by atoms with Crippen molar-refractivity contribution in [1.29, 1.82) is 0 Å². The molecule has 1 saturated heterocycles. The van der Waals surface area contributed by atoms with E-state index >= 15 is 0 Å². The Hall–Kier alpha value is -0.880. The molecule has 0 aromatic carbocycles. The van der Waals surface area contributed by atoms with Crippen molar-refractivity contribution in [2.24, 2.45) is 5.92 Å². The second-order valence-electron chi connectivity index (χ2n) is 4.89. The Labute approximate surface area is 115 Å². The Morgan fingerprint density at radius 2 is 2.28 bits per heavy atom. The molecule has 0 atom stereocenters. The predicted molar refractivity (Wildman–Crippen MR) is 75.9 cm³/mol. The van der Waals surface area contributed by atoms with Gasteiger partial charge >= 0.3 is 0 Å². The highest BCUT2D eigenvalue weighted by Crippen LogP contribution is 2.20. The van der Waals surface area contributed by atoms with Crippen molar-refractivity contribution in [2.45, 2.75) is 19.3 Å². The first-order valence-electron chi connectivity index (χ1n) is 6.32. The molecule has 2 rings (SSSR count). The van der Waals surface area contributed by atoms with Gasteiger partial charge in [0, 0.05) is 6.54 Å². The van der Waals surface area contributed by atoms with Crippen LogP contribution in [0.2, 0.25) is 0 Å². The highest BCUT2D eigenvalue weighted by Gasteiger charge is 2.16. The fourth-order valence-corrected chi connectivity index (χ4v) is 2.60. The summed E-state index contributed by atoms with van der Waals surface area (Å²) in [5.41, 5.74) is 0.575. The van der Waals surface area contributed by atoms with E-state index in [1.807, 2.05) is 0 Å². The van der Waals surface area contributed by atoms with E-state index in [0.717, 1.165) is 24.6 Å². The maximum atomic E-state index is 11.3. The van der Waals surface area contributed by atoms with E-state index < -0.39 is 0 Å². The molecule has 1 aromatic rings. The Morgan fingerprint density at radius 1 is 1.56 bits per heavy atom. The third kappa shape index (κ3) is 3.55. The number of rotatable bonds is 4. The summed E-state index contributed by atoms with van der Waals surface area (Å²) in [6, 6.07) is 0. The van der Waals surface area contributed by atoms with Crippen LogP contribution < -0.4 is 10.9 Å². The Kier molecular flexibility index (Phi) is 4.77. The molecule has 2 heterocycles. The van der Waals surface area contributed by atoms with Gasteiger partial charge in [0.1, 0.15) is 4.47 Å². The SMILES string of the molecule is CN1CCC(CCNc2cn[nH]c(=O)c2Br)CC1. The lowest BCUT2D eigenvalue weighted by atomic mass is 9.94. The van der Waals surface area contributed by atoms with Crippen LogP contribution in [0.3, 0.4) is 0 Å². The van der Waals surface area contributed by atoms with Gasteiger partial charge in [-0.3, -0.25) is 4.79 Å². The van der Waals surface area contributed by atoms with E-state index in [0.29, 0.717) is 4.47 Å². The maximum Gasteiger partial charge on any atom is 0.280 e.